The van der Waals surface area contributed by atoms with E-state index in [9.17, 15) is 5.11 Å². The summed E-state index contributed by atoms with van der Waals surface area (Å²) in [5, 5.41) is 11.0. The van der Waals surface area contributed by atoms with E-state index in [-0.39, 0.29) is 10.8 Å². The van der Waals surface area contributed by atoms with Crippen molar-refractivity contribution >= 4 is 0 Å². The van der Waals surface area contributed by atoms with Crippen molar-refractivity contribution in [3.63, 3.8) is 0 Å². The molecule has 0 aromatic heterocycles. The van der Waals surface area contributed by atoms with Gasteiger partial charge in [-0.3, -0.25) is 0 Å². The van der Waals surface area contributed by atoms with Crippen molar-refractivity contribution in [2.45, 2.75) is 58.0 Å². The van der Waals surface area contributed by atoms with Crippen LogP contribution in [0.25, 0.3) is 0 Å². The molecule has 4 rings (SSSR count). The van der Waals surface area contributed by atoms with Crippen LogP contribution < -0.4 is 0 Å². The molecule has 2 nitrogen and oxygen atoms in total. The van der Waals surface area contributed by atoms with Gasteiger partial charge in [0.2, 0.25) is 0 Å². The number of rotatable bonds is 1. The van der Waals surface area contributed by atoms with E-state index in [4.69, 9.17) is 11.2 Å². The standard InChI is InChI=1S/C22H28O2/c1-5-22(23)13-10-19-17-7-6-15-14-16(24-4)8-11-20(15,2)18(17)9-12-21(19,22)3/h1,6,9,14,17,19,23H,7-8,10-13H2,2-4H3/t17?,19?,20-,21-,22?/m0/s1. The lowest BCUT2D eigenvalue weighted by Crippen LogP contribution is -2.49. The molecule has 0 amide bonds. The van der Waals surface area contributed by atoms with Gasteiger partial charge in [-0.1, -0.05) is 37.5 Å². The van der Waals surface area contributed by atoms with Gasteiger partial charge in [-0.05, 0) is 55.6 Å². The molecule has 0 radical (unpaired) electrons. The Hall–Kier alpha value is -1.46. The Bertz CT molecular complexity index is 706. The first kappa shape index (κ1) is 16.0. The molecule has 3 unspecified atom stereocenters. The van der Waals surface area contributed by atoms with Crippen LogP contribution in [0.1, 0.15) is 52.4 Å². The van der Waals surface area contributed by atoms with Crippen molar-refractivity contribution < 1.29 is 9.84 Å². The maximum atomic E-state index is 11.0. The SMILES string of the molecule is C#CC1(O)CCC2C3CC=C4C=C(OC)CC[C@]4(C)C3=CC[C@@]21C. The summed E-state index contributed by atoms with van der Waals surface area (Å²) in [6.45, 7) is 4.61. The van der Waals surface area contributed by atoms with Crippen molar-refractivity contribution in [1.82, 2.24) is 0 Å². The monoisotopic (exact) mass is 324 g/mol. The van der Waals surface area contributed by atoms with Crippen molar-refractivity contribution in [2.75, 3.05) is 7.11 Å². The summed E-state index contributed by atoms with van der Waals surface area (Å²) >= 11 is 0. The molecule has 1 saturated carbocycles. The first-order valence-corrected chi connectivity index (χ1v) is 9.24. The first-order chi connectivity index (χ1) is 11.4. The van der Waals surface area contributed by atoms with Crippen molar-refractivity contribution in [1.29, 1.82) is 0 Å². The summed E-state index contributed by atoms with van der Waals surface area (Å²) in [5.74, 6) is 4.85. The topological polar surface area (TPSA) is 29.5 Å². The van der Waals surface area contributed by atoms with Gasteiger partial charge in [0.25, 0.3) is 0 Å². The molecule has 1 N–H and O–H groups in total. The molecule has 4 aliphatic rings. The number of allylic oxidation sites excluding steroid dienone is 6. The van der Waals surface area contributed by atoms with Gasteiger partial charge < -0.3 is 9.84 Å². The zero-order chi connectivity index (χ0) is 17.2. The molecule has 24 heavy (non-hydrogen) atoms. The van der Waals surface area contributed by atoms with E-state index in [0.29, 0.717) is 11.8 Å². The Morgan fingerprint density at radius 3 is 2.79 bits per heavy atom. The number of methoxy groups -OCH3 is 1. The van der Waals surface area contributed by atoms with E-state index >= 15 is 0 Å². The number of ether oxygens (including phenoxy) is 1. The highest BCUT2D eigenvalue weighted by molar-refractivity contribution is 5.46. The van der Waals surface area contributed by atoms with Gasteiger partial charge in [0.1, 0.15) is 5.60 Å². The smallest absolute Gasteiger partial charge is 0.131 e. The van der Waals surface area contributed by atoms with Crippen LogP contribution in [0.2, 0.25) is 0 Å². The second-order valence-corrected chi connectivity index (χ2v) is 8.58. The van der Waals surface area contributed by atoms with Crippen LogP contribution in [-0.2, 0) is 4.74 Å². The van der Waals surface area contributed by atoms with Gasteiger partial charge in [-0.25, -0.2) is 0 Å². The van der Waals surface area contributed by atoms with Crippen LogP contribution in [0.5, 0.6) is 0 Å². The lowest BCUT2D eigenvalue weighted by molar-refractivity contribution is -0.0351. The van der Waals surface area contributed by atoms with Crippen molar-refractivity contribution in [3.05, 3.63) is 35.1 Å². The fraction of sp³-hybridized carbons (Fsp3) is 0.636. The second-order valence-electron chi connectivity index (χ2n) is 8.58. The van der Waals surface area contributed by atoms with Crippen LogP contribution in [0, 0.1) is 35.0 Å². The second kappa shape index (κ2) is 5.02. The minimum absolute atomic E-state index is 0.128. The quantitative estimate of drug-likeness (QED) is 0.573. The molecule has 0 spiro atoms. The number of aliphatic hydroxyl groups is 1. The predicted molar refractivity (Wildman–Crippen MR) is 95.9 cm³/mol. The number of hydrogen-bond acceptors (Lipinski definition) is 2. The molecule has 0 heterocycles. The van der Waals surface area contributed by atoms with Gasteiger partial charge >= 0.3 is 0 Å². The van der Waals surface area contributed by atoms with Crippen LogP contribution in [0.4, 0.5) is 0 Å². The summed E-state index contributed by atoms with van der Waals surface area (Å²) < 4.78 is 5.49. The zero-order valence-corrected chi connectivity index (χ0v) is 15.1. The first-order valence-electron chi connectivity index (χ1n) is 9.24. The Morgan fingerprint density at radius 1 is 1.29 bits per heavy atom. The Kier molecular flexibility index (Phi) is 3.35. The molecule has 0 aromatic carbocycles. The van der Waals surface area contributed by atoms with Crippen molar-refractivity contribution in [3.8, 4) is 12.3 Å². The molecular weight excluding hydrogens is 296 g/mol. The van der Waals surface area contributed by atoms with Gasteiger partial charge in [0.15, 0.2) is 0 Å². The van der Waals surface area contributed by atoms with E-state index in [1.807, 2.05) is 0 Å². The molecule has 0 saturated heterocycles. The van der Waals surface area contributed by atoms with Gasteiger partial charge in [0.05, 0.1) is 12.9 Å². The lowest BCUT2D eigenvalue weighted by Gasteiger charge is -2.53. The van der Waals surface area contributed by atoms with E-state index in [1.54, 1.807) is 12.7 Å². The Balaban J connectivity index is 1.76. The lowest BCUT2D eigenvalue weighted by atomic mass is 9.52. The van der Waals surface area contributed by atoms with E-state index in [2.05, 4.69) is 38.0 Å². The maximum absolute atomic E-state index is 11.0. The molecule has 0 aliphatic heterocycles. The van der Waals surface area contributed by atoms with Crippen LogP contribution in [-0.4, -0.2) is 17.8 Å². The van der Waals surface area contributed by atoms with Gasteiger partial charge in [0, 0.05) is 17.3 Å². The van der Waals surface area contributed by atoms with E-state index in [0.717, 1.165) is 44.3 Å². The van der Waals surface area contributed by atoms with Gasteiger partial charge in [-0.15, -0.1) is 6.42 Å². The molecule has 0 bridgehead atoms. The summed E-state index contributed by atoms with van der Waals surface area (Å²) in [7, 11) is 1.77. The maximum Gasteiger partial charge on any atom is 0.131 e. The summed E-state index contributed by atoms with van der Waals surface area (Å²) in [6, 6.07) is 0. The minimum Gasteiger partial charge on any atom is -0.501 e. The minimum atomic E-state index is -0.944. The fourth-order valence-electron chi connectivity index (χ4n) is 6.03. The normalized spacial score (nSPS) is 46.5. The molecule has 1 fully saturated rings. The summed E-state index contributed by atoms with van der Waals surface area (Å²) in [5.41, 5.74) is 2.01. The fourth-order valence-corrected chi connectivity index (χ4v) is 6.03. The number of fused-ring (bicyclic) bond motifs is 5. The molecule has 4 aliphatic carbocycles. The highest BCUT2D eigenvalue weighted by atomic mass is 16.5. The third-order valence-corrected chi connectivity index (χ3v) is 7.77. The average Bonchev–Trinajstić information content (AvgIpc) is 2.86. The third kappa shape index (κ3) is 1.83. The van der Waals surface area contributed by atoms with Gasteiger partial charge in [-0.2, -0.15) is 0 Å². The van der Waals surface area contributed by atoms with Crippen LogP contribution in [0.3, 0.4) is 0 Å². The largest absolute Gasteiger partial charge is 0.501 e. The third-order valence-electron chi connectivity index (χ3n) is 7.77. The number of terminal acetylenes is 1. The molecule has 2 heteroatoms. The predicted octanol–water partition coefficient (Wildman–Crippen LogP) is 4.37. The average molecular weight is 324 g/mol. The highest BCUT2D eigenvalue weighted by Gasteiger charge is 2.60. The van der Waals surface area contributed by atoms with Crippen LogP contribution >= 0.6 is 0 Å². The molecule has 128 valence electrons. The Morgan fingerprint density at radius 2 is 2.08 bits per heavy atom. The summed E-state index contributed by atoms with van der Waals surface area (Å²) in [4.78, 5) is 0. The molecule has 5 atom stereocenters. The molecular formula is C22H28O2. The van der Waals surface area contributed by atoms with Crippen LogP contribution in [0.15, 0.2) is 35.1 Å². The van der Waals surface area contributed by atoms with E-state index < -0.39 is 5.60 Å². The number of hydrogen-bond donors (Lipinski definition) is 1. The Labute approximate surface area is 145 Å². The van der Waals surface area contributed by atoms with E-state index in [1.165, 1.54) is 5.57 Å². The highest BCUT2D eigenvalue weighted by Crippen LogP contribution is 2.64. The van der Waals surface area contributed by atoms with Crippen molar-refractivity contribution in [2.24, 2.45) is 22.7 Å². The zero-order valence-electron chi connectivity index (χ0n) is 15.1. The molecule has 0 aromatic rings. The summed E-state index contributed by atoms with van der Waals surface area (Å²) in [6.07, 6.45) is 18.7.